The third-order valence-corrected chi connectivity index (χ3v) is 4.41. The first-order chi connectivity index (χ1) is 11.2. The number of methoxy groups -OCH3 is 2. The van der Waals surface area contributed by atoms with Crippen molar-refractivity contribution in [2.75, 3.05) is 27.3 Å². The summed E-state index contributed by atoms with van der Waals surface area (Å²) < 4.78 is 10.8. The molecule has 0 bridgehead atoms. The van der Waals surface area contributed by atoms with E-state index in [4.69, 9.17) is 9.47 Å². The number of rotatable bonds is 5. The van der Waals surface area contributed by atoms with Crippen LogP contribution in [0.4, 0.5) is 0 Å². The van der Waals surface area contributed by atoms with Crippen LogP contribution in [0.2, 0.25) is 0 Å². The van der Waals surface area contributed by atoms with Crippen molar-refractivity contribution in [3.8, 4) is 11.5 Å². The summed E-state index contributed by atoms with van der Waals surface area (Å²) in [7, 11) is 3.32. The number of ether oxygens (including phenoxy) is 2. The number of fused-ring (bicyclic) bond motifs is 1. The highest BCUT2D eigenvalue weighted by atomic mass is 16.5. The number of benzene rings is 2. The molecule has 1 aliphatic heterocycles. The van der Waals surface area contributed by atoms with E-state index >= 15 is 0 Å². The third-order valence-electron chi connectivity index (χ3n) is 4.41. The number of β-amino-alcohol motifs (C(OH)–C–C–N with tert-alkyl or cyclic N) is 1. The minimum absolute atomic E-state index is 0.460. The molecule has 0 spiro atoms. The van der Waals surface area contributed by atoms with Gasteiger partial charge in [-0.15, -0.1) is 0 Å². The van der Waals surface area contributed by atoms with Crippen molar-refractivity contribution in [3.63, 3.8) is 0 Å². The van der Waals surface area contributed by atoms with Crippen LogP contribution in [0.1, 0.15) is 22.8 Å². The average molecular weight is 313 g/mol. The fraction of sp³-hybridized carbons (Fsp3) is 0.368. The molecule has 3 rings (SSSR count). The van der Waals surface area contributed by atoms with Crippen molar-refractivity contribution in [2.24, 2.45) is 0 Å². The van der Waals surface area contributed by atoms with Gasteiger partial charge in [0.2, 0.25) is 0 Å². The standard InChI is InChI=1S/C19H23NO3/c1-22-18-10-15-8-9-20(12-16(15)11-19(18)23-2)13-17(21)14-6-4-3-5-7-14/h3-7,10-11,17,21H,8-9,12-13H2,1-2H3. The van der Waals surface area contributed by atoms with Crippen LogP contribution in [-0.2, 0) is 13.0 Å². The lowest BCUT2D eigenvalue weighted by atomic mass is 9.98. The quantitative estimate of drug-likeness (QED) is 0.922. The summed E-state index contributed by atoms with van der Waals surface area (Å²) in [6, 6.07) is 13.9. The van der Waals surface area contributed by atoms with Gasteiger partial charge < -0.3 is 14.6 Å². The molecule has 2 aromatic rings. The van der Waals surface area contributed by atoms with Gasteiger partial charge in [0, 0.05) is 19.6 Å². The maximum atomic E-state index is 10.4. The minimum atomic E-state index is -0.460. The second-order valence-electron chi connectivity index (χ2n) is 5.89. The summed E-state index contributed by atoms with van der Waals surface area (Å²) >= 11 is 0. The van der Waals surface area contributed by atoms with Crippen molar-refractivity contribution >= 4 is 0 Å². The molecule has 0 amide bonds. The molecule has 4 heteroatoms. The Balaban J connectivity index is 1.72. The molecule has 0 fully saturated rings. The maximum Gasteiger partial charge on any atom is 0.161 e. The molecule has 0 saturated carbocycles. The van der Waals surface area contributed by atoms with E-state index in [0.717, 1.165) is 36.6 Å². The Morgan fingerprint density at radius 3 is 2.35 bits per heavy atom. The number of hydrogen-bond acceptors (Lipinski definition) is 4. The first-order valence-electron chi connectivity index (χ1n) is 7.90. The van der Waals surface area contributed by atoms with Gasteiger partial charge >= 0.3 is 0 Å². The monoisotopic (exact) mass is 313 g/mol. The van der Waals surface area contributed by atoms with Crippen LogP contribution in [0, 0.1) is 0 Å². The van der Waals surface area contributed by atoms with E-state index in [1.807, 2.05) is 30.3 Å². The zero-order valence-electron chi connectivity index (χ0n) is 13.7. The molecular formula is C19H23NO3. The minimum Gasteiger partial charge on any atom is -0.493 e. The molecule has 1 unspecified atom stereocenters. The van der Waals surface area contributed by atoms with Crippen molar-refractivity contribution < 1.29 is 14.6 Å². The molecule has 0 aliphatic carbocycles. The summed E-state index contributed by atoms with van der Waals surface area (Å²) in [4.78, 5) is 2.28. The van der Waals surface area contributed by atoms with Gasteiger partial charge in [-0.25, -0.2) is 0 Å². The molecule has 1 N–H and O–H groups in total. The lowest BCUT2D eigenvalue weighted by Gasteiger charge is -2.31. The zero-order valence-corrected chi connectivity index (χ0v) is 13.7. The molecule has 23 heavy (non-hydrogen) atoms. The average Bonchev–Trinajstić information content (AvgIpc) is 2.61. The number of aliphatic hydroxyl groups is 1. The SMILES string of the molecule is COc1cc2c(cc1OC)CN(CC(O)c1ccccc1)CC2. The van der Waals surface area contributed by atoms with E-state index in [1.54, 1.807) is 14.2 Å². The lowest BCUT2D eigenvalue weighted by Crippen LogP contribution is -2.34. The highest BCUT2D eigenvalue weighted by Gasteiger charge is 2.21. The number of nitrogens with zero attached hydrogens (tertiary/aromatic N) is 1. The number of aliphatic hydroxyl groups excluding tert-OH is 1. The second kappa shape index (κ2) is 7.02. The Morgan fingerprint density at radius 2 is 1.70 bits per heavy atom. The largest absolute Gasteiger partial charge is 0.493 e. The van der Waals surface area contributed by atoms with E-state index in [0.29, 0.717) is 6.54 Å². The van der Waals surface area contributed by atoms with Gasteiger partial charge in [0.1, 0.15) is 0 Å². The number of hydrogen-bond donors (Lipinski definition) is 1. The molecule has 1 atom stereocenters. The predicted molar refractivity (Wildman–Crippen MR) is 89.9 cm³/mol. The summed E-state index contributed by atoms with van der Waals surface area (Å²) in [5.41, 5.74) is 3.51. The molecule has 0 radical (unpaired) electrons. The van der Waals surface area contributed by atoms with Crippen molar-refractivity contribution in [1.29, 1.82) is 0 Å². The van der Waals surface area contributed by atoms with Gasteiger partial charge in [0.05, 0.1) is 20.3 Å². The van der Waals surface area contributed by atoms with E-state index in [2.05, 4.69) is 17.0 Å². The molecule has 1 aliphatic rings. The Bertz CT molecular complexity index is 657. The van der Waals surface area contributed by atoms with Gasteiger partial charge in [-0.05, 0) is 35.2 Å². The first kappa shape index (κ1) is 15.8. The van der Waals surface area contributed by atoms with Crippen molar-refractivity contribution in [2.45, 2.75) is 19.1 Å². The normalized spacial score (nSPS) is 15.8. The van der Waals surface area contributed by atoms with Crippen molar-refractivity contribution in [1.82, 2.24) is 4.90 Å². The van der Waals surface area contributed by atoms with E-state index < -0.39 is 6.10 Å². The fourth-order valence-corrected chi connectivity index (χ4v) is 3.12. The molecule has 0 aromatic heterocycles. The molecule has 1 heterocycles. The fourth-order valence-electron chi connectivity index (χ4n) is 3.12. The van der Waals surface area contributed by atoms with Crippen LogP contribution < -0.4 is 9.47 Å². The van der Waals surface area contributed by atoms with Crippen LogP contribution in [-0.4, -0.2) is 37.3 Å². The lowest BCUT2D eigenvalue weighted by molar-refractivity contribution is 0.106. The van der Waals surface area contributed by atoms with Crippen LogP contribution in [0.25, 0.3) is 0 Å². The highest BCUT2D eigenvalue weighted by molar-refractivity contribution is 5.48. The molecular weight excluding hydrogens is 290 g/mol. The Kier molecular flexibility index (Phi) is 4.84. The molecule has 4 nitrogen and oxygen atoms in total. The zero-order chi connectivity index (χ0) is 16.2. The van der Waals surface area contributed by atoms with Crippen LogP contribution >= 0.6 is 0 Å². The Morgan fingerprint density at radius 1 is 1.04 bits per heavy atom. The summed E-state index contributed by atoms with van der Waals surface area (Å²) in [6.45, 7) is 2.39. The maximum absolute atomic E-state index is 10.4. The second-order valence-corrected chi connectivity index (χ2v) is 5.89. The summed E-state index contributed by atoms with van der Waals surface area (Å²) in [5, 5.41) is 10.4. The Labute approximate surface area is 137 Å². The molecule has 2 aromatic carbocycles. The van der Waals surface area contributed by atoms with Crippen molar-refractivity contribution in [3.05, 3.63) is 59.2 Å². The summed E-state index contributed by atoms with van der Waals surface area (Å²) in [6.07, 6.45) is 0.495. The van der Waals surface area contributed by atoms with Gasteiger partial charge in [0.15, 0.2) is 11.5 Å². The van der Waals surface area contributed by atoms with E-state index in [9.17, 15) is 5.11 Å². The highest BCUT2D eigenvalue weighted by Crippen LogP contribution is 2.33. The van der Waals surface area contributed by atoms with Crippen LogP contribution in [0.5, 0.6) is 11.5 Å². The Hall–Kier alpha value is -2.04. The first-order valence-corrected chi connectivity index (χ1v) is 7.90. The van der Waals surface area contributed by atoms with Gasteiger partial charge in [-0.3, -0.25) is 4.90 Å². The smallest absolute Gasteiger partial charge is 0.161 e. The third kappa shape index (κ3) is 3.49. The topological polar surface area (TPSA) is 41.9 Å². The van der Waals surface area contributed by atoms with Gasteiger partial charge in [-0.1, -0.05) is 30.3 Å². The van der Waals surface area contributed by atoms with E-state index in [1.165, 1.54) is 11.1 Å². The molecule has 0 saturated heterocycles. The summed E-state index contributed by atoms with van der Waals surface area (Å²) in [5.74, 6) is 1.54. The van der Waals surface area contributed by atoms with Crippen LogP contribution in [0.3, 0.4) is 0 Å². The molecule has 122 valence electrons. The van der Waals surface area contributed by atoms with Gasteiger partial charge in [-0.2, -0.15) is 0 Å². The predicted octanol–water partition coefficient (Wildman–Crippen LogP) is 2.80. The van der Waals surface area contributed by atoms with E-state index in [-0.39, 0.29) is 0 Å². The van der Waals surface area contributed by atoms with Gasteiger partial charge in [0.25, 0.3) is 0 Å². The van der Waals surface area contributed by atoms with Crippen LogP contribution in [0.15, 0.2) is 42.5 Å².